The Labute approximate surface area is 174 Å². The van der Waals surface area contributed by atoms with Crippen molar-refractivity contribution in [3.05, 3.63) is 58.1 Å². The Kier molecular flexibility index (Phi) is 6.16. The normalized spacial score (nSPS) is 12.3. The van der Waals surface area contributed by atoms with Crippen LogP contribution >= 0.6 is 11.3 Å². The highest BCUT2D eigenvalue weighted by Crippen LogP contribution is 2.32. The number of nitrogens with one attached hydrogen (secondary N) is 1. The van der Waals surface area contributed by atoms with Crippen LogP contribution in [-0.4, -0.2) is 33.0 Å². The molecule has 0 aliphatic carbocycles. The first-order valence-corrected chi connectivity index (χ1v) is 11.0. The lowest BCUT2D eigenvalue weighted by molar-refractivity contribution is -0.137. The Hall–Kier alpha value is -2.50. The fourth-order valence-electron chi connectivity index (χ4n) is 2.73. The number of carbonyl (C=O) groups excluding carboxylic acids is 1. The zero-order valence-corrected chi connectivity index (χ0v) is 17.5. The molecule has 0 saturated heterocycles. The zero-order chi connectivity index (χ0) is 22.1. The number of hydrogen-bond acceptors (Lipinski definition) is 6. The molecule has 3 aromatic rings. The van der Waals surface area contributed by atoms with Gasteiger partial charge >= 0.3 is 12.1 Å². The maximum atomic E-state index is 12.8. The van der Waals surface area contributed by atoms with Gasteiger partial charge < -0.3 is 4.74 Å². The number of aromatic nitrogens is 1. The second-order valence-corrected chi connectivity index (χ2v) is 9.29. The second-order valence-electron chi connectivity index (χ2n) is 6.40. The van der Waals surface area contributed by atoms with Crippen LogP contribution < -0.4 is 4.72 Å². The van der Waals surface area contributed by atoms with Crippen molar-refractivity contribution in [3.8, 4) is 0 Å². The molecule has 0 fully saturated rings. The van der Waals surface area contributed by atoms with Gasteiger partial charge in [-0.15, -0.1) is 11.3 Å². The number of aryl methyl sites for hydroxylation is 1. The van der Waals surface area contributed by atoms with E-state index in [-0.39, 0.29) is 28.9 Å². The number of rotatable bonds is 6. The third kappa shape index (κ3) is 4.79. The zero-order valence-electron chi connectivity index (χ0n) is 15.9. The van der Waals surface area contributed by atoms with Crippen molar-refractivity contribution in [2.75, 3.05) is 13.7 Å². The molecule has 0 aliphatic heterocycles. The number of alkyl halides is 3. The Morgan fingerprint density at radius 1 is 1.20 bits per heavy atom. The number of esters is 1. The minimum Gasteiger partial charge on any atom is -0.465 e. The van der Waals surface area contributed by atoms with E-state index in [2.05, 4.69) is 14.4 Å². The van der Waals surface area contributed by atoms with Crippen molar-refractivity contribution in [1.82, 2.24) is 9.71 Å². The van der Waals surface area contributed by atoms with Crippen LogP contribution in [0.1, 0.15) is 26.5 Å². The molecule has 160 valence electrons. The van der Waals surface area contributed by atoms with Gasteiger partial charge in [-0.3, -0.25) is 0 Å². The molecule has 1 heterocycles. The van der Waals surface area contributed by atoms with Gasteiger partial charge in [0.2, 0.25) is 10.0 Å². The van der Waals surface area contributed by atoms with Crippen LogP contribution in [0.3, 0.4) is 0 Å². The third-order valence-corrected chi connectivity index (χ3v) is 6.87. The predicted molar refractivity (Wildman–Crippen MR) is 106 cm³/mol. The van der Waals surface area contributed by atoms with E-state index in [9.17, 15) is 26.4 Å². The molecule has 0 radical (unpaired) electrons. The van der Waals surface area contributed by atoms with Crippen LogP contribution in [0.4, 0.5) is 13.2 Å². The van der Waals surface area contributed by atoms with Crippen molar-refractivity contribution in [1.29, 1.82) is 0 Å². The Morgan fingerprint density at radius 3 is 2.60 bits per heavy atom. The highest BCUT2D eigenvalue weighted by atomic mass is 32.2. The molecule has 1 aromatic heterocycles. The maximum absolute atomic E-state index is 12.8. The number of nitrogens with zero attached hydrogens (tertiary/aromatic N) is 1. The van der Waals surface area contributed by atoms with Gasteiger partial charge in [0.15, 0.2) is 0 Å². The van der Waals surface area contributed by atoms with Gasteiger partial charge in [-0.2, -0.15) is 13.2 Å². The summed E-state index contributed by atoms with van der Waals surface area (Å²) >= 11 is 1.20. The topological polar surface area (TPSA) is 85.4 Å². The molecule has 0 atom stereocenters. The van der Waals surface area contributed by atoms with Gasteiger partial charge in [0, 0.05) is 13.0 Å². The molecule has 6 nitrogen and oxygen atoms in total. The maximum Gasteiger partial charge on any atom is 0.416 e. The van der Waals surface area contributed by atoms with E-state index >= 15 is 0 Å². The van der Waals surface area contributed by atoms with E-state index in [1.54, 1.807) is 6.92 Å². The van der Waals surface area contributed by atoms with Gasteiger partial charge in [0.05, 0.1) is 38.4 Å². The summed E-state index contributed by atoms with van der Waals surface area (Å²) in [5.41, 5.74) is 0.155. The van der Waals surface area contributed by atoms with Gasteiger partial charge in [-0.05, 0) is 42.8 Å². The SMILES string of the molecule is COC(=O)c1cc(S(=O)(=O)NCCc2nc3cc(C(F)(F)F)ccc3s2)ccc1C. The summed E-state index contributed by atoms with van der Waals surface area (Å²) in [5, 5.41) is 0.506. The molecule has 3 rings (SSSR count). The summed E-state index contributed by atoms with van der Waals surface area (Å²) in [4.78, 5) is 15.8. The molecule has 0 bridgehead atoms. The second kappa shape index (κ2) is 8.32. The van der Waals surface area contributed by atoms with Crippen molar-refractivity contribution in [2.24, 2.45) is 0 Å². The molecule has 0 spiro atoms. The van der Waals surface area contributed by atoms with Gasteiger partial charge in [0.25, 0.3) is 0 Å². The molecule has 0 saturated carbocycles. The van der Waals surface area contributed by atoms with E-state index in [1.807, 2.05) is 0 Å². The van der Waals surface area contributed by atoms with Crippen LogP contribution in [0.25, 0.3) is 10.2 Å². The summed E-state index contributed by atoms with van der Waals surface area (Å²) in [5.74, 6) is -0.641. The minimum atomic E-state index is -4.45. The van der Waals surface area contributed by atoms with E-state index < -0.39 is 27.7 Å². The summed E-state index contributed by atoms with van der Waals surface area (Å²) in [6.45, 7) is 1.66. The standard InChI is InChI=1S/C19H17F3N2O4S2/c1-11-3-5-13(10-14(11)18(25)28-2)30(26,27)23-8-7-17-24-15-9-12(19(20,21)22)4-6-16(15)29-17/h3-6,9-10,23H,7-8H2,1-2H3. The van der Waals surface area contributed by atoms with Crippen LogP contribution in [0.5, 0.6) is 0 Å². The Morgan fingerprint density at radius 2 is 1.93 bits per heavy atom. The predicted octanol–water partition coefficient (Wildman–Crippen LogP) is 3.93. The third-order valence-electron chi connectivity index (χ3n) is 4.31. The average Bonchev–Trinajstić information content (AvgIpc) is 3.08. The number of fused-ring (bicyclic) bond motifs is 1. The molecule has 0 amide bonds. The lowest BCUT2D eigenvalue weighted by Crippen LogP contribution is -2.26. The Bertz CT molecular complexity index is 1200. The molecule has 11 heteroatoms. The quantitative estimate of drug-likeness (QED) is 0.566. The fraction of sp³-hybridized carbons (Fsp3) is 0.263. The molecular formula is C19H17F3N2O4S2. The number of hydrogen-bond donors (Lipinski definition) is 1. The number of thiazole rings is 1. The first-order chi connectivity index (χ1) is 14.0. The summed E-state index contributed by atoms with van der Waals surface area (Å²) in [6.07, 6.45) is -4.25. The number of methoxy groups -OCH3 is 1. The van der Waals surface area contributed by atoms with Gasteiger partial charge in [-0.25, -0.2) is 22.9 Å². The van der Waals surface area contributed by atoms with E-state index in [0.29, 0.717) is 15.3 Å². The first kappa shape index (κ1) is 22.2. The molecule has 1 N–H and O–H groups in total. The highest BCUT2D eigenvalue weighted by Gasteiger charge is 2.30. The fourth-order valence-corrected chi connectivity index (χ4v) is 4.74. The number of ether oxygens (including phenoxy) is 1. The monoisotopic (exact) mass is 458 g/mol. The lowest BCUT2D eigenvalue weighted by Gasteiger charge is -2.09. The van der Waals surface area contributed by atoms with Crippen LogP contribution in [-0.2, 0) is 27.4 Å². The first-order valence-electron chi connectivity index (χ1n) is 8.66. The number of benzene rings is 2. The van der Waals surface area contributed by atoms with E-state index in [0.717, 1.165) is 12.1 Å². The van der Waals surface area contributed by atoms with Crippen LogP contribution in [0, 0.1) is 6.92 Å². The molecule has 2 aromatic carbocycles. The van der Waals surface area contributed by atoms with Crippen molar-refractivity contribution >= 4 is 37.5 Å². The number of halogens is 3. The summed E-state index contributed by atoms with van der Waals surface area (Å²) in [7, 11) is -2.69. The highest BCUT2D eigenvalue weighted by molar-refractivity contribution is 7.89. The van der Waals surface area contributed by atoms with Crippen molar-refractivity contribution in [3.63, 3.8) is 0 Å². The van der Waals surface area contributed by atoms with Gasteiger partial charge in [0.1, 0.15) is 0 Å². The number of sulfonamides is 1. The van der Waals surface area contributed by atoms with Crippen molar-refractivity contribution < 1.29 is 31.1 Å². The molecule has 0 unspecified atom stereocenters. The smallest absolute Gasteiger partial charge is 0.416 e. The van der Waals surface area contributed by atoms with E-state index in [4.69, 9.17) is 0 Å². The van der Waals surface area contributed by atoms with Crippen LogP contribution in [0.15, 0.2) is 41.3 Å². The lowest BCUT2D eigenvalue weighted by atomic mass is 10.1. The van der Waals surface area contributed by atoms with Crippen molar-refractivity contribution in [2.45, 2.75) is 24.4 Å². The average molecular weight is 458 g/mol. The molecule has 30 heavy (non-hydrogen) atoms. The summed E-state index contributed by atoms with van der Waals surface area (Å²) in [6, 6.07) is 7.43. The summed E-state index contributed by atoms with van der Waals surface area (Å²) < 4.78 is 71.1. The van der Waals surface area contributed by atoms with E-state index in [1.165, 1.54) is 42.7 Å². The van der Waals surface area contributed by atoms with Gasteiger partial charge in [-0.1, -0.05) is 6.07 Å². The molecule has 0 aliphatic rings. The van der Waals surface area contributed by atoms with Crippen LogP contribution in [0.2, 0.25) is 0 Å². The molecular weight excluding hydrogens is 441 g/mol. The Balaban J connectivity index is 1.72. The minimum absolute atomic E-state index is 0.00425. The largest absolute Gasteiger partial charge is 0.465 e. The number of carbonyl (C=O) groups is 1.